The molecular formula is C25H34N2O2. The lowest BCUT2D eigenvalue weighted by Gasteiger charge is -2.27. The lowest BCUT2D eigenvalue weighted by molar-refractivity contribution is -0.130. The van der Waals surface area contributed by atoms with Crippen molar-refractivity contribution in [3.8, 4) is 11.1 Å². The summed E-state index contributed by atoms with van der Waals surface area (Å²) in [7, 11) is 0. The maximum Gasteiger partial charge on any atom is 0.324 e. The first-order valence-electron chi connectivity index (χ1n) is 10.5. The zero-order valence-electron chi connectivity index (χ0n) is 18.4. The number of rotatable bonds is 7. The van der Waals surface area contributed by atoms with Crippen molar-refractivity contribution in [2.45, 2.75) is 59.9 Å². The molecule has 3 amide bonds. The van der Waals surface area contributed by atoms with Crippen LogP contribution in [0.25, 0.3) is 11.1 Å². The van der Waals surface area contributed by atoms with Crippen LogP contribution in [0.3, 0.4) is 0 Å². The van der Waals surface area contributed by atoms with Gasteiger partial charge in [0.2, 0.25) is 5.91 Å². The van der Waals surface area contributed by atoms with E-state index in [0.29, 0.717) is 13.0 Å². The molecule has 0 fully saturated rings. The van der Waals surface area contributed by atoms with Crippen LogP contribution in [0.4, 0.5) is 4.79 Å². The average Bonchev–Trinajstić information content (AvgIpc) is 2.67. The van der Waals surface area contributed by atoms with Crippen molar-refractivity contribution in [2.24, 2.45) is 5.41 Å². The summed E-state index contributed by atoms with van der Waals surface area (Å²) in [6.07, 6.45) is 2.09. The Kier molecular flexibility index (Phi) is 8.00. The van der Waals surface area contributed by atoms with Crippen LogP contribution in [-0.4, -0.2) is 23.4 Å². The van der Waals surface area contributed by atoms with E-state index in [9.17, 15) is 9.59 Å². The first kappa shape index (κ1) is 22.7. The molecule has 2 aromatic carbocycles. The van der Waals surface area contributed by atoms with Crippen LogP contribution in [0, 0.1) is 5.41 Å². The molecule has 1 unspecified atom stereocenters. The summed E-state index contributed by atoms with van der Waals surface area (Å²) >= 11 is 0. The molecule has 0 saturated carbocycles. The molecule has 0 aliphatic heterocycles. The second kappa shape index (κ2) is 10.2. The summed E-state index contributed by atoms with van der Waals surface area (Å²) in [5.41, 5.74) is 3.16. The van der Waals surface area contributed by atoms with E-state index in [1.54, 1.807) is 0 Å². The number of unbranched alkanes of at least 4 members (excludes halogenated alkanes) is 1. The topological polar surface area (TPSA) is 49.4 Å². The molecule has 4 nitrogen and oxygen atoms in total. The minimum Gasteiger partial charge on any atom is -0.331 e. The van der Waals surface area contributed by atoms with Gasteiger partial charge in [-0.15, -0.1) is 0 Å². The molecule has 0 spiro atoms. The monoisotopic (exact) mass is 394 g/mol. The third-order valence-corrected chi connectivity index (χ3v) is 4.82. The Balaban J connectivity index is 2.07. The van der Waals surface area contributed by atoms with Crippen molar-refractivity contribution in [3.63, 3.8) is 0 Å². The van der Waals surface area contributed by atoms with E-state index in [1.807, 2.05) is 58.0 Å². The lowest BCUT2D eigenvalue weighted by Crippen LogP contribution is -2.46. The van der Waals surface area contributed by atoms with Crippen LogP contribution in [0.5, 0.6) is 0 Å². The average molecular weight is 395 g/mol. The van der Waals surface area contributed by atoms with Gasteiger partial charge in [-0.05, 0) is 35.4 Å². The quantitative estimate of drug-likeness (QED) is 0.609. The van der Waals surface area contributed by atoms with E-state index in [4.69, 9.17) is 0 Å². The number of benzene rings is 2. The Hall–Kier alpha value is -2.62. The molecule has 0 saturated heterocycles. The molecule has 0 aliphatic rings. The van der Waals surface area contributed by atoms with Gasteiger partial charge in [-0.2, -0.15) is 0 Å². The van der Waals surface area contributed by atoms with Crippen LogP contribution in [0.2, 0.25) is 0 Å². The Labute approximate surface area is 175 Å². The molecule has 0 bridgehead atoms. The highest BCUT2D eigenvalue weighted by atomic mass is 16.2. The predicted molar refractivity (Wildman–Crippen MR) is 120 cm³/mol. The first-order chi connectivity index (χ1) is 13.7. The fourth-order valence-corrected chi connectivity index (χ4v) is 3.15. The summed E-state index contributed by atoms with van der Waals surface area (Å²) < 4.78 is 0. The summed E-state index contributed by atoms with van der Waals surface area (Å²) in [6, 6.07) is 17.9. The van der Waals surface area contributed by atoms with Gasteiger partial charge in [-0.1, -0.05) is 88.7 Å². The molecule has 1 atom stereocenters. The Morgan fingerprint density at radius 1 is 0.966 bits per heavy atom. The molecule has 0 heterocycles. The van der Waals surface area contributed by atoms with Gasteiger partial charge in [0.15, 0.2) is 0 Å². The number of carbonyl (C=O) groups excluding carboxylic acids is 2. The van der Waals surface area contributed by atoms with E-state index in [0.717, 1.165) is 29.5 Å². The lowest BCUT2D eigenvalue weighted by atomic mass is 9.91. The largest absolute Gasteiger partial charge is 0.331 e. The summed E-state index contributed by atoms with van der Waals surface area (Å²) in [5.74, 6) is -0.116. The van der Waals surface area contributed by atoms with Gasteiger partial charge < -0.3 is 5.32 Å². The molecular weight excluding hydrogens is 360 g/mol. The highest BCUT2D eigenvalue weighted by molar-refractivity contribution is 5.94. The fraction of sp³-hybridized carbons (Fsp3) is 0.440. The standard InChI is InChI=1S/C25H34N2O2/c1-6-7-17-27(23(28)18-25(3,4)5)24(29)26-19(2)20-13-15-22(16-14-20)21-11-9-8-10-12-21/h8-16,19H,6-7,17-18H2,1-5H3,(H,26,29). The van der Waals surface area contributed by atoms with Crippen LogP contribution in [-0.2, 0) is 4.79 Å². The molecule has 0 radical (unpaired) electrons. The minimum atomic E-state index is -0.313. The third kappa shape index (κ3) is 7.04. The van der Waals surface area contributed by atoms with Crippen molar-refractivity contribution in [3.05, 3.63) is 60.2 Å². The summed E-state index contributed by atoms with van der Waals surface area (Å²) in [6.45, 7) is 10.5. The van der Waals surface area contributed by atoms with Crippen LogP contribution >= 0.6 is 0 Å². The van der Waals surface area contributed by atoms with Gasteiger partial charge in [0.1, 0.15) is 0 Å². The Bertz CT molecular complexity index is 792. The maximum atomic E-state index is 12.8. The summed E-state index contributed by atoms with van der Waals surface area (Å²) in [4.78, 5) is 26.9. The minimum absolute atomic E-state index is 0.116. The Morgan fingerprint density at radius 2 is 1.55 bits per heavy atom. The van der Waals surface area contributed by atoms with Gasteiger partial charge in [0, 0.05) is 13.0 Å². The van der Waals surface area contributed by atoms with Gasteiger partial charge in [0.05, 0.1) is 6.04 Å². The van der Waals surface area contributed by atoms with E-state index >= 15 is 0 Å². The zero-order valence-corrected chi connectivity index (χ0v) is 18.4. The Morgan fingerprint density at radius 3 is 2.10 bits per heavy atom. The number of hydrogen-bond donors (Lipinski definition) is 1. The second-order valence-electron chi connectivity index (χ2n) is 8.80. The normalized spacial score (nSPS) is 12.3. The number of carbonyl (C=O) groups is 2. The van der Waals surface area contributed by atoms with Gasteiger partial charge in [-0.3, -0.25) is 9.69 Å². The van der Waals surface area contributed by atoms with Gasteiger partial charge in [-0.25, -0.2) is 4.79 Å². The van der Waals surface area contributed by atoms with E-state index in [1.165, 1.54) is 4.90 Å². The molecule has 0 aliphatic carbocycles. The number of nitrogens with zero attached hydrogens (tertiary/aromatic N) is 1. The van der Waals surface area contributed by atoms with Gasteiger partial charge in [0.25, 0.3) is 0 Å². The van der Waals surface area contributed by atoms with Crippen LogP contribution in [0.1, 0.15) is 65.5 Å². The predicted octanol–water partition coefficient (Wildman–Crippen LogP) is 6.19. The van der Waals surface area contributed by atoms with Crippen LogP contribution in [0.15, 0.2) is 54.6 Å². The molecule has 2 aromatic rings. The number of hydrogen-bond acceptors (Lipinski definition) is 2. The highest BCUT2D eigenvalue weighted by Gasteiger charge is 2.26. The number of urea groups is 1. The van der Waals surface area contributed by atoms with Crippen molar-refractivity contribution >= 4 is 11.9 Å². The molecule has 0 aromatic heterocycles. The fourth-order valence-electron chi connectivity index (χ4n) is 3.15. The van der Waals surface area contributed by atoms with Crippen molar-refractivity contribution < 1.29 is 9.59 Å². The highest BCUT2D eigenvalue weighted by Crippen LogP contribution is 2.23. The molecule has 29 heavy (non-hydrogen) atoms. The van der Waals surface area contributed by atoms with Crippen molar-refractivity contribution in [1.82, 2.24) is 10.2 Å². The summed E-state index contributed by atoms with van der Waals surface area (Å²) in [5, 5.41) is 3.00. The SMILES string of the molecule is CCCCN(C(=O)CC(C)(C)C)C(=O)NC(C)c1ccc(-c2ccccc2)cc1. The third-order valence-electron chi connectivity index (χ3n) is 4.82. The zero-order chi connectivity index (χ0) is 21.4. The number of nitrogens with one attached hydrogen (secondary N) is 1. The molecule has 4 heteroatoms. The van der Waals surface area contributed by atoms with E-state index in [-0.39, 0.29) is 23.4 Å². The van der Waals surface area contributed by atoms with Crippen LogP contribution < -0.4 is 5.32 Å². The maximum absolute atomic E-state index is 12.8. The molecule has 1 N–H and O–H groups in total. The number of amides is 3. The van der Waals surface area contributed by atoms with Crippen molar-refractivity contribution in [1.29, 1.82) is 0 Å². The first-order valence-corrected chi connectivity index (χ1v) is 10.5. The molecule has 156 valence electrons. The van der Waals surface area contributed by atoms with Crippen molar-refractivity contribution in [2.75, 3.05) is 6.54 Å². The van der Waals surface area contributed by atoms with E-state index in [2.05, 4.69) is 36.5 Å². The second-order valence-corrected chi connectivity index (χ2v) is 8.80. The smallest absolute Gasteiger partial charge is 0.324 e. The molecule has 2 rings (SSSR count). The van der Waals surface area contributed by atoms with Gasteiger partial charge >= 0.3 is 6.03 Å². The van der Waals surface area contributed by atoms with E-state index < -0.39 is 0 Å². The number of imide groups is 1.